The van der Waals surface area contributed by atoms with Gasteiger partial charge in [-0.1, -0.05) is 31.4 Å². The molecular formula is C29H40F4O2. The number of hydrogen-bond acceptors (Lipinski definition) is 2. The molecule has 1 aromatic carbocycles. The smallest absolute Gasteiger partial charge is 0.424 e. The maximum absolute atomic E-state index is 14.6. The van der Waals surface area contributed by atoms with Crippen molar-refractivity contribution in [2.45, 2.75) is 103 Å². The number of rotatable bonds is 9. The summed E-state index contributed by atoms with van der Waals surface area (Å²) in [5, 5.41) is 0. The number of hydrogen-bond donors (Lipinski definition) is 0. The van der Waals surface area contributed by atoms with E-state index in [4.69, 9.17) is 9.47 Å². The minimum absolute atomic E-state index is 0.204. The summed E-state index contributed by atoms with van der Waals surface area (Å²) in [6.07, 6.45) is 12.3. The molecule has 0 radical (unpaired) electrons. The van der Waals surface area contributed by atoms with Crippen molar-refractivity contribution in [2.75, 3.05) is 6.61 Å². The Hall–Kier alpha value is -1.56. The van der Waals surface area contributed by atoms with Crippen molar-refractivity contribution in [2.24, 2.45) is 23.7 Å². The zero-order valence-corrected chi connectivity index (χ0v) is 20.9. The third kappa shape index (κ3) is 7.02. The fourth-order valence-corrected chi connectivity index (χ4v) is 6.43. The summed E-state index contributed by atoms with van der Waals surface area (Å²) in [6.45, 7) is 2.56. The Morgan fingerprint density at radius 3 is 2.20 bits per heavy atom. The van der Waals surface area contributed by atoms with Crippen LogP contribution in [0.25, 0.3) is 0 Å². The maximum atomic E-state index is 14.6. The Morgan fingerprint density at radius 1 is 0.886 bits per heavy atom. The first kappa shape index (κ1) is 26.5. The summed E-state index contributed by atoms with van der Waals surface area (Å²) in [5.74, 6) is -0.256. The van der Waals surface area contributed by atoms with E-state index in [0.717, 1.165) is 36.8 Å². The van der Waals surface area contributed by atoms with Crippen LogP contribution in [0, 0.1) is 35.3 Å². The van der Waals surface area contributed by atoms with E-state index in [0.29, 0.717) is 30.9 Å². The normalized spacial score (nSPS) is 30.1. The monoisotopic (exact) mass is 496 g/mol. The molecule has 3 unspecified atom stereocenters. The average molecular weight is 497 g/mol. The van der Waals surface area contributed by atoms with E-state index in [9.17, 15) is 17.6 Å². The molecular weight excluding hydrogens is 456 g/mol. The van der Waals surface area contributed by atoms with Gasteiger partial charge < -0.3 is 9.47 Å². The summed E-state index contributed by atoms with van der Waals surface area (Å²) in [6, 6.07) is 2.43. The van der Waals surface area contributed by atoms with E-state index in [-0.39, 0.29) is 6.42 Å². The second kappa shape index (κ2) is 12.1. The van der Waals surface area contributed by atoms with E-state index in [1.807, 2.05) is 0 Å². The lowest BCUT2D eigenvalue weighted by atomic mass is 9.68. The number of halogens is 4. The van der Waals surface area contributed by atoms with Crippen LogP contribution in [-0.2, 0) is 4.74 Å². The second-order valence-corrected chi connectivity index (χ2v) is 10.9. The van der Waals surface area contributed by atoms with Crippen molar-refractivity contribution in [3.8, 4) is 5.75 Å². The first-order chi connectivity index (χ1) is 16.9. The van der Waals surface area contributed by atoms with Gasteiger partial charge in [-0.25, -0.2) is 8.78 Å². The molecule has 1 heterocycles. The maximum Gasteiger partial charge on any atom is 0.424 e. The number of ether oxygens (including phenoxy) is 2. The van der Waals surface area contributed by atoms with Crippen molar-refractivity contribution in [3.05, 3.63) is 41.5 Å². The first-order valence-electron chi connectivity index (χ1n) is 13.7. The predicted molar refractivity (Wildman–Crippen MR) is 129 cm³/mol. The Morgan fingerprint density at radius 2 is 1.60 bits per heavy atom. The van der Waals surface area contributed by atoms with Crippen LogP contribution in [0.4, 0.5) is 17.6 Å². The number of alkyl halides is 2. The Kier molecular flexibility index (Phi) is 9.18. The lowest BCUT2D eigenvalue weighted by Crippen LogP contribution is -2.45. The molecule has 3 atom stereocenters. The molecule has 6 heteroatoms. The van der Waals surface area contributed by atoms with Crippen LogP contribution < -0.4 is 4.74 Å². The zero-order valence-electron chi connectivity index (χ0n) is 20.9. The highest BCUT2D eigenvalue weighted by Crippen LogP contribution is 2.44. The van der Waals surface area contributed by atoms with Gasteiger partial charge in [-0.05, 0) is 106 Å². The molecule has 4 rings (SSSR count). The van der Waals surface area contributed by atoms with Gasteiger partial charge in [0.2, 0.25) is 0 Å². The lowest BCUT2D eigenvalue weighted by Gasteiger charge is -2.41. The van der Waals surface area contributed by atoms with E-state index in [2.05, 4.69) is 13.0 Å². The van der Waals surface area contributed by atoms with Crippen molar-refractivity contribution >= 4 is 0 Å². The van der Waals surface area contributed by atoms with Crippen molar-refractivity contribution in [1.82, 2.24) is 0 Å². The summed E-state index contributed by atoms with van der Waals surface area (Å²) >= 11 is 0. The molecule has 1 aliphatic heterocycles. The number of allylic oxidation sites excluding steroid dienone is 2. The average Bonchev–Trinajstić information content (AvgIpc) is 2.87. The Balaban J connectivity index is 1.19. The minimum Gasteiger partial charge on any atom is -0.431 e. The molecule has 0 spiro atoms. The van der Waals surface area contributed by atoms with Crippen LogP contribution in [0.5, 0.6) is 5.75 Å². The molecule has 0 aromatic heterocycles. The molecule has 3 aliphatic rings. The molecule has 1 saturated carbocycles. The van der Waals surface area contributed by atoms with Crippen molar-refractivity contribution < 1.29 is 27.0 Å². The SMILES string of the molecule is CCCCCC1=CCC(C2CCC(C3CCC(C(F)(F)Oc4ccc(F)c(F)c4)OC3)CC2)CC1. The zero-order chi connectivity index (χ0) is 24.8. The Labute approximate surface area is 207 Å². The molecule has 2 aliphatic carbocycles. The minimum atomic E-state index is -3.59. The van der Waals surface area contributed by atoms with Gasteiger partial charge in [-0.3, -0.25) is 0 Å². The second-order valence-electron chi connectivity index (χ2n) is 10.9. The molecule has 0 amide bonds. The van der Waals surface area contributed by atoms with E-state index >= 15 is 0 Å². The van der Waals surface area contributed by atoms with Gasteiger partial charge in [-0.15, -0.1) is 0 Å². The van der Waals surface area contributed by atoms with Gasteiger partial charge in [-0.2, -0.15) is 8.78 Å². The quantitative estimate of drug-likeness (QED) is 0.193. The molecule has 2 fully saturated rings. The highest BCUT2D eigenvalue weighted by Gasteiger charge is 2.46. The van der Waals surface area contributed by atoms with Gasteiger partial charge in [0.25, 0.3) is 0 Å². The summed E-state index contributed by atoms with van der Waals surface area (Å²) in [7, 11) is 0. The molecule has 35 heavy (non-hydrogen) atoms. The summed E-state index contributed by atoms with van der Waals surface area (Å²) in [4.78, 5) is 0. The van der Waals surface area contributed by atoms with Gasteiger partial charge in [0, 0.05) is 6.07 Å². The van der Waals surface area contributed by atoms with E-state index in [1.54, 1.807) is 5.57 Å². The molecule has 196 valence electrons. The highest BCUT2D eigenvalue weighted by atomic mass is 19.3. The topological polar surface area (TPSA) is 18.5 Å². The van der Waals surface area contributed by atoms with Gasteiger partial charge in [0.15, 0.2) is 17.7 Å². The molecule has 2 nitrogen and oxygen atoms in total. The van der Waals surface area contributed by atoms with Crippen LogP contribution in [0.3, 0.4) is 0 Å². The standard InChI is InChI=1S/C29H40F4O2/c1-2-3-4-5-20-6-8-21(9-7-20)22-10-12-23(13-11-22)24-14-17-28(34-19-24)29(32,33)35-25-15-16-26(30)27(31)18-25/h6,15-16,18,21-24,28H,2-5,7-14,17,19H2,1H3. The summed E-state index contributed by atoms with van der Waals surface area (Å²) in [5.41, 5.74) is 1.67. The largest absolute Gasteiger partial charge is 0.431 e. The van der Waals surface area contributed by atoms with Crippen LogP contribution in [0.15, 0.2) is 29.8 Å². The van der Waals surface area contributed by atoms with Crippen molar-refractivity contribution in [3.63, 3.8) is 0 Å². The van der Waals surface area contributed by atoms with Crippen molar-refractivity contribution in [1.29, 1.82) is 0 Å². The third-order valence-electron chi connectivity index (χ3n) is 8.63. The highest BCUT2D eigenvalue weighted by molar-refractivity contribution is 5.24. The third-order valence-corrected chi connectivity index (χ3v) is 8.63. The number of benzene rings is 1. The van der Waals surface area contributed by atoms with Crippen LogP contribution in [0.2, 0.25) is 0 Å². The van der Waals surface area contributed by atoms with E-state index in [1.165, 1.54) is 57.8 Å². The first-order valence-corrected chi connectivity index (χ1v) is 13.7. The molecule has 1 saturated heterocycles. The number of unbranched alkanes of at least 4 members (excludes halogenated alkanes) is 2. The van der Waals surface area contributed by atoms with Gasteiger partial charge in [0.1, 0.15) is 5.75 Å². The molecule has 1 aromatic rings. The fraction of sp³-hybridized carbons (Fsp3) is 0.724. The van der Waals surface area contributed by atoms with Crippen LogP contribution in [0.1, 0.15) is 90.4 Å². The van der Waals surface area contributed by atoms with Crippen LogP contribution >= 0.6 is 0 Å². The van der Waals surface area contributed by atoms with Gasteiger partial charge >= 0.3 is 6.11 Å². The Bertz CT molecular complexity index is 839. The molecule has 0 bridgehead atoms. The predicted octanol–water partition coefficient (Wildman–Crippen LogP) is 8.84. The van der Waals surface area contributed by atoms with Gasteiger partial charge in [0.05, 0.1) is 6.61 Å². The van der Waals surface area contributed by atoms with E-state index < -0.39 is 29.6 Å². The lowest BCUT2D eigenvalue weighted by molar-refractivity contribution is -0.266. The summed E-state index contributed by atoms with van der Waals surface area (Å²) < 4.78 is 65.9. The fourth-order valence-electron chi connectivity index (χ4n) is 6.43. The van der Waals surface area contributed by atoms with Crippen LogP contribution in [-0.4, -0.2) is 18.8 Å². The molecule has 0 N–H and O–H groups in total.